The van der Waals surface area contributed by atoms with Crippen molar-refractivity contribution in [3.8, 4) is 5.75 Å². The van der Waals surface area contributed by atoms with Crippen LogP contribution in [-0.2, 0) is 31.9 Å². The number of nitrogens with zero attached hydrogens (tertiary/aromatic N) is 1. The van der Waals surface area contributed by atoms with E-state index in [0.717, 1.165) is 9.87 Å². The van der Waals surface area contributed by atoms with Crippen LogP contribution in [0.25, 0.3) is 0 Å². The highest BCUT2D eigenvalue weighted by molar-refractivity contribution is 7.92. The molecule has 0 aromatic heterocycles. The molecule has 4 atom stereocenters. The number of rotatable bonds is 18. The fraction of sp³-hybridized carbons (Fsp3) is 0.447. The van der Waals surface area contributed by atoms with Gasteiger partial charge in [0.15, 0.2) is 0 Å². The lowest BCUT2D eigenvalue weighted by Gasteiger charge is -2.29. The summed E-state index contributed by atoms with van der Waals surface area (Å²) in [6, 6.07) is 21.3. The molecule has 0 fully saturated rings. The Labute approximate surface area is 296 Å². The normalized spacial score (nSPS) is 14.0. The molecular weight excluding hydrogens is 657 g/mol. The predicted molar refractivity (Wildman–Crippen MR) is 196 cm³/mol. The van der Waals surface area contributed by atoms with Crippen molar-refractivity contribution in [2.24, 2.45) is 17.8 Å². The van der Waals surface area contributed by atoms with E-state index in [1.807, 2.05) is 58.0 Å². The highest BCUT2D eigenvalue weighted by Gasteiger charge is 2.31. The third-order valence-electron chi connectivity index (χ3n) is 8.49. The van der Waals surface area contributed by atoms with E-state index in [9.17, 15) is 27.9 Å². The van der Waals surface area contributed by atoms with Crippen molar-refractivity contribution >= 4 is 33.4 Å². The number of sulfonamides is 1. The molecule has 3 amide bonds. The quantitative estimate of drug-likeness (QED) is 0.150. The number of ether oxygens (including phenoxy) is 1. The second-order valence-corrected chi connectivity index (χ2v) is 15.4. The molecule has 0 saturated heterocycles. The Hall–Kier alpha value is -4.42. The number of carbonyl (C=O) groups is 3. The van der Waals surface area contributed by atoms with E-state index < -0.39 is 40.0 Å². The summed E-state index contributed by atoms with van der Waals surface area (Å²) in [6.07, 6.45) is -0.626. The molecule has 0 saturated carbocycles. The van der Waals surface area contributed by atoms with Crippen molar-refractivity contribution in [3.63, 3.8) is 0 Å². The van der Waals surface area contributed by atoms with E-state index in [0.29, 0.717) is 18.5 Å². The van der Waals surface area contributed by atoms with Crippen LogP contribution in [0.3, 0.4) is 0 Å². The van der Waals surface area contributed by atoms with Crippen LogP contribution >= 0.6 is 0 Å². The zero-order chi connectivity index (χ0) is 37.0. The molecule has 0 aliphatic carbocycles. The number of aliphatic hydroxyl groups excluding tert-OH is 1. The number of methoxy groups -OCH3 is 1. The van der Waals surface area contributed by atoms with Gasteiger partial charge in [-0.15, -0.1) is 0 Å². The summed E-state index contributed by atoms with van der Waals surface area (Å²) >= 11 is 0. The van der Waals surface area contributed by atoms with Crippen LogP contribution in [0.15, 0.2) is 78.9 Å². The molecular formula is C38H52N4O7S. The Morgan fingerprint density at radius 1 is 0.820 bits per heavy atom. The zero-order valence-corrected chi connectivity index (χ0v) is 30.9. The highest BCUT2D eigenvalue weighted by Crippen LogP contribution is 2.31. The lowest BCUT2D eigenvalue weighted by atomic mass is 9.91. The SMILES string of the molecule is COc1ccc(C(=O)NC(CC(C)C)C(O)CC(C)C(=O)N[C@H](C(=O)NCc2ccccc2)C(C)C)cc1N(C)S(=O)(=O)Cc1ccccc1. The maximum absolute atomic E-state index is 13.6. The third kappa shape index (κ3) is 11.6. The molecule has 0 aliphatic rings. The van der Waals surface area contributed by atoms with Crippen molar-refractivity contribution in [2.45, 2.75) is 77.9 Å². The molecule has 0 aliphatic heterocycles. The molecule has 272 valence electrons. The van der Waals surface area contributed by atoms with Crippen LogP contribution in [0.1, 0.15) is 68.9 Å². The van der Waals surface area contributed by atoms with Crippen LogP contribution in [0.5, 0.6) is 5.75 Å². The van der Waals surface area contributed by atoms with Gasteiger partial charge >= 0.3 is 0 Å². The molecule has 3 aromatic carbocycles. The molecule has 0 radical (unpaired) electrons. The van der Waals surface area contributed by atoms with E-state index in [-0.39, 0.29) is 52.8 Å². The van der Waals surface area contributed by atoms with Gasteiger partial charge in [-0.05, 0) is 54.0 Å². The molecule has 0 bridgehead atoms. The molecule has 50 heavy (non-hydrogen) atoms. The van der Waals surface area contributed by atoms with Crippen molar-refractivity contribution in [1.82, 2.24) is 16.0 Å². The first-order valence-electron chi connectivity index (χ1n) is 16.9. The zero-order valence-electron chi connectivity index (χ0n) is 30.1. The minimum absolute atomic E-state index is 0.0360. The first kappa shape index (κ1) is 40.0. The Morgan fingerprint density at radius 2 is 1.42 bits per heavy atom. The number of benzene rings is 3. The summed E-state index contributed by atoms with van der Waals surface area (Å²) in [5, 5.41) is 20.0. The second kappa shape index (κ2) is 18.5. The molecule has 0 spiro atoms. The van der Waals surface area contributed by atoms with Gasteiger partial charge in [0.05, 0.1) is 30.7 Å². The average Bonchev–Trinajstić information content (AvgIpc) is 3.08. The van der Waals surface area contributed by atoms with E-state index in [1.54, 1.807) is 37.3 Å². The summed E-state index contributed by atoms with van der Waals surface area (Å²) in [6.45, 7) is 9.62. The van der Waals surface area contributed by atoms with Crippen molar-refractivity contribution in [3.05, 3.63) is 95.6 Å². The number of hydrogen-bond acceptors (Lipinski definition) is 7. The number of hydrogen-bond donors (Lipinski definition) is 4. The van der Waals surface area contributed by atoms with Crippen LogP contribution in [0, 0.1) is 17.8 Å². The largest absolute Gasteiger partial charge is 0.495 e. The van der Waals surface area contributed by atoms with Gasteiger partial charge in [-0.3, -0.25) is 18.7 Å². The number of aliphatic hydroxyl groups is 1. The lowest BCUT2D eigenvalue weighted by Crippen LogP contribution is -2.51. The second-order valence-electron chi connectivity index (χ2n) is 13.4. The van der Waals surface area contributed by atoms with Crippen molar-refractivity contribution < 1.29 is 32.6 Å². The molecule has 0 heterocycles. The van der Waals surface area contributed by atoms with Crippen LogP contribution in [-0.4, -0.2) is 63.6 Å². The Morgan fingerprint density at radius 3 is 1.98 bits per heavy atom. The topological polar surface area (TPSA) is 154 Å². The first-order valence-corrected chi connectivity index (χ1v) is 18.5. The fourth-order valence-corrected chi connectivity index (χ4v) is 6.79. The Kier molecular flexibility index (Phi) is 14.8. The van der Waals surface area contributed by atoms with E-state index in [1.165, 1.54) is 32.4 Å². The number of nitrogens with one attached hydrogen (secondary N) is 3. The third-order valence-corrected chi connectivity index (χ3v) is 10.2. The van der Waals surface area contributed by atoms with E-state index >= 15 is 0 Å². The number of anilines is 1. The number of carbonyl (C=O) groups excluding carboxylic acids is 3. The Bertz CT molecular complexity index is 1670. The molecule has 12 heteroatoms. The number of amides is 3. The summed E-state index contributed by atoms with van der Waals surface area (Å²) in [7, 11) is -1.00. The first-order chi connectivity index (χ1) is 23.6. The van der Waals surface area contributed by atoms with Crippen LogP contribution in [0.4, 0.5) is 5.69 Å². The van der Waals surface area contributed by atoms with Gasteiger partial charge in [-0.1, -0.05) is 95.3 Å². The molecule has 3 rings (SSSR count). The Balaban J connectivity index is 1.70. The summed E-state index contributed by atoms with van der Waals surface area (Å²) < 4.78 is 33.2. The van der Waals surface area contributed by atoms with Gasteiger partial charge in [-0.25, -0.2) is 8.42 Å². The van der Waals surface area contributed by atoms with Gasteiger partial charge in [0.2, 0.25) is 21.8 Å². The maximum Gasteiger partial charge on any atom is 0.251 e. The van der Waals surface area contributed by atoms with E-state index in [2.05, 4.69) is 16.0 Å². The average molecular weight is 709 g/mol. The summed E-state index contributed by atoms with van der Waals surface area (Å²) in [4.78, 5) is 39.8. The van der Waals surface area contributed by atoms with Crippen molar-refractivity contribution in [2.75, 3.05) is 18.5 Å². The summed E-state index contributed by atoms with van der Waals surface area (Å²) in [5.74, 6) is -1.92. The maximum atomic E-state index is 13.6. The van der Waals surface area contributed by atoms with Gasteiger partial charge in [-0.2, -0.15) is 0 Å². The lowest BCUT2D eigenvalue weighted by molar-refractivity contribution is -0.132. The standard InChI is InChI=1S/C38H52N4O7S/c1-25(2)20-31(33(43)21-27(5)36(44)41-35(26(3)4)38(46)39-23-28-14-10-8-11-15-28)40-37(45)30-18-19-34(49-7)32(22-30)42(6)50(47,48)24-29-16-12-9-13-17-29/h8-19,22,25-27,31,33,35,43H,20-21,23-24H2,1-7H3,(H,39,46)(H,40,45)(H,41,44)/t27?,31?,33?,35-/m0/s1. The minimum Gasteiger partial charge on any atom is -0.495 e. The van der Waals surface area contributed by atoms with Gasteiger partial charge in [0, 0.05) is 25.1 Å². The molecule has 3 unspecified atom stereocenters. The van der Waals surface area contributed by atoms with E-state index in [4.69, 9.17) is 4.74 Å². The summed E-state index contributed by atoms with van der Waals surface area (Å²) in [5.41, 5.74) is 1.92. The van der Waals surface area contributed by atoms with Gasteiger partial charge < -0.3 is 25.8 Å². The molecule has 11 nitrogen and oxygen atoms in total. The fourth-order valence-electron chi connectivity index (χ4n) is 5.54. The monoisotopic (exact) mass is 708 g/mol. The molecule has 4 N–H and O–H groups in total. The van der Waals surface area contributed by atoms with Gasteiger partial charge in [0.1, 0.15) is 11.8 Å². The predicted octanol–water partition coefficient (Wildman–Crippen LogP) is 4.65. The van der Waals surface area contributed by atoms with Crippen LogP contribution < -0.4 is 25.0 Å². The van der Waals surface area contributed by atoms with Gasteiger partial charge in [0.25, 0.3) is 5.91 Å². The van der Waals surface area contributed by atoms with Crippen molar-refractivity contribution in [1.29, 1.82) is 0 Å². The van der Waals surface area contributed by atoms with Crippen LogP contribution in [0.2, 0.25) is 0 Å². The smallest absolute Gasteiger partial charge is 0.251 e. The highest BCUT2D eigenvalue weighted by atomic mass is 32.2. The minimum atomic E-state index is -3.83. The molecule has 3 aromatic rings.